The zero-order valence-electron chi connectivity index (χ0n) is 9.63. The van der Waals surface area contributed by atoms with Crippen LogP contribution >= 0.6 is 11.6 Å². The number of hydrogen-bond donors (Lipinski definition) is 1. The van der Waals surface area contributed by atoms with Crippen LogP contribution in [0.25, 0.3) is 5.57 Å². The second-order valence-electron chi connectivity index (χ2n) is 3.88. The molecule has 0 spiro atoms. The van der Waals surface area contributed by atoms with Crippen LogP contribution in [0, 0.1) is 0 Å². The second kappa shape index (κ2) is 5.34. The monoisotopic (exact) mass is 251 g/mol. The molecule has 0 aliphatic carbocycles. The van der Waals surface area contributed by atoms with E-state index in [1.807, 2.05) is 24.3 Å². The summed E-state index contributed by atoms with van der Waals surface area (Å²) in [4.78, 5) is 11.7. The molecule has 0 radical (unpaired) electrons. The van der Waals surface area contributed by atoms with Crippen LogP contribution in [-0.2, 0) is 9.53 Å². The number of ether oxygens (including phenoxy) is 1. The van der Waals surface area contributed by atoms with E-state index in [9.17, 15) is 4.79 Å². The number of rotatable bonds is 2. The summed E-state index contributed by atoms with van der Waals surface area (Å²) < 4.78 is 4.80. The smallest absolute Gasteiger partial charge is 0.335 e. The van der Waals surface area contributed by atoms with Crippen molar-refractivity contribution in [1.82, 2.24) is 5.32 Å². The molecule has 1 N–H and O–H groups in total. The molecule has 4 heteroatoms. The van der Waals surface area contributed by atoms with Gasteiger partial charge in [-0.15, -0.1) is 0 Å². The summed E-state index contributed by atoms with van der Waals surface area (Å²) >= 11 is 5.86. The zero-order valence-corrected chi connectivity index (χ0v) is 10.4. The van der Waals surface area contributed by atoms with Gasteiger partial charge in [0.1, 0.15) is 0 Å². The van der Waals surface area contributed by atoms with Crippen molar-refractivity contribution in [2.24, 2.45) is 0 Å². The van der Waals surface area contributed by atoms with E-state index >= 15 is 0 Å². The zero-order chi connectivity index (χ0) is 12.3. The first-order chi connectivity index (χ1) is 8.22. The average molecular weight is 252 g/mol. The summed E-state index contributed by atoms with van der Waals surface area (Å²) in [5, 5.41) is 3.87. The molecule has 1 aliphatic rings. The van der Waals surface area contributed by atoms with Crippen LogP contribution in [0.3, 0.4) is 0 Å². The summed E-state index contributed by atoms with van der Waals surface area (Å²) in [6.45, 7) is 1.43. The maximum atomic E-state index is 11.7. The lowest BCUT2D eigenvalue weighted by Gasteiger charge is -2.20. The third-order valence-corrected chi connectivity index (χ3v) is 3.09. The van der Waals surface area contributed by atoms with Crippen LogP contribution in [0.15, 0.2) is 29.8 Å². The highest BCUT2D eigenvalue weighted by molar-refractivity contribution is 6.30. The first kappa shape index (κ1) is 12.1. The Morgan fingerprint density at radius 3 is 2.71 bits per heavy atom. The number of methoxy groups -OCH3 is 1. The van der Waals surface area contributed by atoms with Gasteiger partial charge in [0, 0.05) is 11.6 Å². The van der Waals surface area contributed by atoms with Crippen molar-refractivity contribution in [2.75, 3.05) is 20.2 Å². The van der Waals surface area contributed by atoms with Gasteiger partial charge in [0.25, 0.3) is 0 Å². The molecule has 0 bridgehead atoms. The molecule has 0 amide bonds. The molecule has 0 unspecified atom stereocenters. The lowest BCUT2D eigenvalue weighted by Crippen LogP contribution is -2.28. The van der Waals surface area contributed by atoms with E-state index in [0.717, 1.165) is 24.1 Å². The van der Waals surface area contributed by atoms with Crippen LogP contribution in [0.2, 0.25) is 5.02 Å². The number of esters is 1. The van der Waals surface area contributed by atoms with Gasteiger partial charge in [-0.3, -0.25) is 0 Å². The van der Waals surface area contributed by atoms with Crippen molar-refractivity contribution in [3.63, 3.8) is 0 Å². The van der Waals surface area contributed by atoms with Crippen LogP contribution < -0.4 is 5.32 Å². The normalized spacial score (nSPS) is 15.9. The number of halogens is 1. The summed E-state index contributed by atoms with van der Waals surface area (Å²) in [6, 6.07) is 7.54. The Hall–Kier alpha value is -1.32. The van der Waals surface area contributed by atoms with E-state index < -0.39 is 0 Å². The quantitative estimate of drug-likeness (QED) is 0.820. The molecule has 2 rings (SSSR count). The van der Waals surface area contributed by atoms with Gasteiger partial charge in [-0.25, -0.2) is 4.79 Å². The van der Waals surface area contributed by atoms with E-state index in [1.165, 1.54) is 7.11 Å². The third-order valence-electron chi connectivity index (χ3n) is 2.84. The van der Waals surface area contributed by atoms with Gasteiger partial charge in [-0.1, -0.05) is 23.7 Å². The Balaban J connectivity index is 2.41. The Morgan fingerprint density at radius 1 is 1.35 bits per heavy atom. The molecular weight excluding hydrogens is 238 g/mol. The molecule has 3 nitrogen and oxygen atoms in total. The van der Waals surface area contributed by atoms with E-state index in [2.05, 4.69) is 5.32 Å². The molecule has 17 heavy (non-hydrogen) atoms. The van der Waals surface area contributed by atoms with Gasteiger partial charge in [-0.2, -0.15) is 0 Å². The lowest BCUT2D eigenvalue weighted by molar-refractivity contribution is -0.136. The molecule has 1 aromatic rings. The molecular formula is C13H14ClNO2. The molecule has 1 aromatic carbocycles. The first-order valence-corrected chi connectivity index (χ1v) is 5.87. The molecule has 1 heterocycles. The largest absolute Gasteiger partial charge is 0.466 e. The highest BCUT2D eigenvalue weighted by Gasteiger charge is 2.20. The van der Waals surface area contributed by atoms with Gasteiger partial charge in [0.2, 0.25) is 0 Å². The number of hydrogen-bond acceptors (Lipinski definition) is 3. The van der Waals surface area contributed by atoms with Gasteiger partial charge >= 0.3 is 5.97 Å². The fraction of sp³-hybridized carbons (Fsp3) is 0.308. The number of nitrogens with one attached hydrogen (secondary N) is 1. The van der Waals surface area contributed by atoms with Gasteiger partial charge in [0.05, 0.1) is 12.7 Å². The number of benzene rings is 1. The maximum Gasteiger partial charge on any atom is 0.335 e. The molecule has 0 aromatic heterocycles. The van der Waals surface area contributed by atoms with Gasteiger partial charge in [0.15, 0.2) is 0 Å². The minimum atomic E-state index is -0.262. The van der Waals surface area contributed by atoms with Crippen molar-refractivity contribution in [2.45, 2.75) is 6.42 Å². The van der Waals surface area contributed by atoms with E-state index in [0.29, 0.717) is 17.1 Å². The van der Waals surface area contributed by atoms with E-state index in [4.69, 9.17) is 16.3 Å². The molecule has 0 saturated carbocycles. The number of carbonyl (C=O) groups is 1. The van der Waals surface area contributed by atoms with Crippen molar-refractivity contribution in [3.8, 4) is 0 Å². The van der Waals surface area contributed by atoms with E-state index in [-0.39, 0.29) is 5.97 Å². The molecule has 90 valence electrons. The summed E-state index contributed by atoms with van der Waals surface area (Å²) in [6.07, 6.45) is 0.825. The highest BCUT2D eigenvalue weighted by Crippen LogP contribution is 2.26. The van der Waals surface area contributed by atoms with Crippen LogP contribution in [0.4, 0.5) is 0 Å². The van der Waals surface area contributed by atoms with Crippen LogP contribution in [-0.4, -0.2) is 26.2 Å². The van der Waals surface area contributed by atoms with Gasteiger partial charge in [-0.05, 0) is 36.2 Å². The topological polar surface area (TPSA) is 38.3 Å². The summed E-state index contributed by atoms with van der Waals surface area (Å²) in [7, 11) is 1.41. The Kier molecular flexibility index (Phi) is 3.82. The van der Waals surface area contributed by atoms with Crippen molar-refractivity contribution < 1.29 is 9.53 Å². The standard InChI is InChI=1S/C13H14ClNO2/c1-17-13(16)12-8-15-7-6-11(12)9-2-4-10(14)5-3-9/h2-5,15H,6-8H2,1H3. The fourth-order valence-electron chi connectivity index (χ4n) is 1.97. The van der Waals surface area contributed by atoms with Crippen molar-refractivity contribution in [1.29, 1.82) is 0 Å². The predicted octanol–water partition coefficient (Wildman–Crippen LogP) is 2.26. The van der Waals surface area contributed by atoms with Crippen LogP contribution in [0.5, 0.6) is 0 Å². The first-order valence-electron chi connectivity index (χ1n) is 5.49. The Morgan fingerprint density at radius 2 is 2.06 bits per heavy atom. The molecule has 0 atom stereocenters. The van der Waals surface area contributed by atoms with E-state index in [1.54, 1.807) is 0 Å². The molecule has 1 aliphatic heterocycles. The lowest BCUT2D eigenvalue weighted by atomic mass is 9.94. The predicted molar refractivity (Wildman–Crippen MR) is 67.9 cm³/mol. The Labute approximate surface area is 105 Å². The highest BCUT2D eigenvalue weighted by atomic mass is 35.5. The van der Waals surface area contributed by atoms with Crippen LogP contribution in [0.1, 0.15) is 12.0 Å². The summed E-state index contributed by atoms with van der Waals surface area (Å²) in [5.41, 5.74) is 2.80. The summed E-state index contributed by atoms with van der Waals surface area (Å²) in [5.74, 6) is -0.262. The maximum absolute atomic E-state index is 11.7. The Bertz CT molecular complexity index is 451. The SMILES string of the molecule is COC(=O)C1=C(c2ccc(Cl)cc2)CCNC1. The van der Waals surface area contributed by atoms with Gasteiger partial charge < -0.3 is 10.1 Å². The molecule has 0 saturated heterocycles. The minimum absolute atomic E-state index is 0.262. The molecule has 0 fully saturated rings. The third kappa shape index (κ3) is 2.68. The fourth-order valence-corrected chi connectivity index (χ4v) is 2.10. The number of carbonyl (C=O) groups excluding carboxylic acids is 1. The second-order valence-corrected chi connectivity index (χ2v) is 4.32. The minimum Gasteiger partial charge on any atom is -0.466 e. The van der Waals surface area contributed by atoms with Crippen molar-refractivity contribution in [3.05, 3.63) is 40.4 Å². The van der Waals surface area contributed by atoms with Crippen molar-refractivity contribution >= 4 is 23.1 Å². The average Bonchev–Trinajstić information content (AvgIpc) is 2.39.